The molecule has 1 aliphatic heterocycles. The van der Waals surface area contributed by atoms with E-state index in [2.05, 4.69) is 5.32 Å². The predicted octanol–water partition coefficient (Wildman–Crippen LogP) is 3.79. The number of nitrogens with one attached hydrogen (secondary N) is 1. The fraction of sp³-hybridized carbons (Fsp3) is 0.300. The second-order valence-electron chi connectivity index (χ2n) is 6.63. The topological polar surface area (TPSA) is 58.6 Å². The van der Waals surface area contributed by atoms with Crippen molar-refractivity contribution < 1.29 is 14.3 Å². The molecule has 3 amide bonds. The van der Waals surface area contributed by atoms with Gasteiger partial charge >= 0.3 is 6.03 Å². The van der Waals surface area contributed by atoms with Crippen molar-refractivity contribution in [3.05, 3.63) is 64.7 Å². The number of benzene rings is 2. The zero-order valence-corrected chi connectivity index (χ0v) is 15.5. The summed E-state index contributed by atoms with van der Waals surface area (Å²) in [5, 5.41) is 3.42. The minimum atomic E-state index is -0.907. The Hall–Kier alpha value is -2.53. The zero-order valence-electron chi connectivity index (χ0n) is 14.8. The van der Waals surface area contributed by atoms with E-state index in [9.17, 15) is 9.59 Å². The van der Waals surface area contributed by atoms with E-state index in [-0.39, 0.29) is 18.5 Å². The van der Waals surface area contributed by atoms with Crippen LogP contribution in [0.25, 0.3) is 0 Å². The van der Waals surface area contributed by atoms with Crippen LogP contribution in [-0.4, -0.2) is 29.5 Å². The summed E-state index contributed by atoms with van der Waals surface area (Å²) in [4.78, 5) is 26.4. The Balaban J connectivity index is 1.67. The van der Waals surface area contributed by atoms with Gasteiger partial charge in [0.1, 0.15) is 11.3 Å². The summed E-state index contributed by atoms with van der Waals surface area (Å²) in [6.07, 6.45) is 1.20. The third kappa shape index (κ3) is 3.83. The molecule has 2 aromatic rings. The molecule has 1 saturated heterocycles. The summed E-state index contributed by atoms with van der Waals surface area (Å²) in [5.74, 6) is 0.578. The smallest absolute Gasteiger partial charge is 0.325 e. The first-order chi connectivity index (χ1) is 12.4. The summed E-state index contributed by atoms with van der Waals surface area (Å²) in [6, 6.07) is 14.5. The summed E-state index contributed by atoms with van der Waals surface area (Å²) in [7, 11) is 1.62. The van der Waals surface area contributed by atoms with Crippen LogP contribution < -0.4 is 10.1 Å². The van der Waals surface area contributed by atoms with Crippen molar-refractivity contribution in [2.24, 2.45) is 0 Å². The summed E-state index contributed by atoms with van der Waals surface area (Å²) >= 11 is 5.99. The lowest BCUT2D eigenvalue weighted by atomic mass is 9.93. The molecular formula is C20H21ClN2O3. The van der Waals surface area contributed by atoms with Crippen LogP contribution in [0.1, 0.15) is 24.5 Å². The number of halogens is 1. The number of hydrogen-bond donors (Lipinski definition) is 1. The minimum absolute atomic E-state index is 0.212. The standard InChI is InChI=1S/C20H21ClN2O3/c1-20(11-10-14-6-8-17(26-2)9-7-14)18(24)23(19(25)22-20)13-15-4-3-5-16(21)12-15/h3-9,12H,10-11,13H2,1-2H3,(H,22,25)/t20-/m0/s1. The molecule has 1 heterocycles. The van der Waals surface area contributed by atoms with E-state index in [0.29, 0.717) is 17.9 Å². The molecule has 1 aliphatic rings. The summed E-state index contributed by atoms with van der Waals surface area (Å²) in [5.41, 5.74) is 0.998. The normalized spacial score (nSPS) is 19.6. The van der Waals surface area contributed by atoms with E-state index >= 15 is 0 Å². The Labute approximate surface area is 157 Å². The molecule has 6 heteroatoms. The van der Waals surface area contributed by atoms with E-state index in [1.807, 2.05) is 30.3 Å². The highest BCUT2D eigenvalue weighted by Crippen LogP contribution is 2.26. The Morgan fingerprint density at radius 3 is 2.50 bits per heavy atom. The lowest BCUT2D eigenvalue weighted by Crippen LogP contribution is -2.44. The molecule has 0 aliphatic carbocycles. The Morgan fingerprint density at radius 1 is 1.12 bits per heavy atom. The van der Waals surface area contributed by atoms with Crippen molar-refractivity contribution in [1.82, 2.24) is 10.2 Å². The van der Waals surface area contributed by atoms with Crippen LogP contribution >= 0.6 is 11.6 Å². The number of amides is 3. The molecule has 26 heavy (non-hydrogen) atoms. The Morgan fingerprint density at radius 2 is 1.85 bits per heavy atom. The van der Waals surface area contributed by atoms with Gasteiger partial charge in [-0.25, -0.2) is 4.79 Å². The van der Waals surface area contributed by atoms with Gasteiger partial charge in [0.25, 0.3) is 5.91 Å². The van der Waals surface area contributed by atoms with Crippen LogP contribution in [0.2, 0.25) is 5.02 Å². The zero-order chi connectivity index (χ0) is 18.7. The molecule has 0 saturated carbocycles. The van der Waals surface area contributed by atoms with Crippen molar-refractivity contribution in [1.29, 1.82) is 0 Å². The van der Waals surface area contributed by atoms with E-state index in [1.54, 1.807) is 32.2 Å². The predicted molar refractivity (Wildman–Crippen MR) is 100 cm³/mol. The van der Waals surface area contributed by atoms with Crippen molar-refractivity contribution in [2.75, 3.05) is 7.11 Å². The van der Waals surface area contributed by atoms with Gasteiger partial charge in [-0.2, -0.15) is 0 Å². The van der Waals surface area contributed by atoms with E-state index < -0.39 is 5.54 Å². The second kappa shape index (κ2) is 7.38. The molecule has 2 aromatic carbocycles. The third-order valence-electron chi connectivity index (χ3n) is 4.65. The van der Waals surface area contributed by atoms with Crippen LogP contribution in [0, 0.1) is 0 Å². The maximum Gasteiger partial charge on any atom is 0.325 e. The largest absolute Gasteiger partial charge is 0.497 e. The highest BCUT2D eigenvalue weighted by atomic mass is 35.5. The fourth-order valence-electron chi connectivity index (χ4n) is 3.06. The van der Waals surface area contributed by atoms with Gasteiger partial charge in [-0.05, 0) is 55.2 Å². The van der Waals surface area contributed by atoms with Gasteiger partial charge in [0.15, 0.2) is 0 Å². The first-order valence-electron chi connectivity index (χ1n) is 8.43. The quantitative estimate of drug-likeness (QED) is 0.785. The van der Waals surface area contributed by atoms with E-state index in [4.69, 9.17) is 16.3 Å². The summed E-state index contributed by atoms with van der Waals surface area (Å²) < 4.78 is 5.15. The average molecular weight is 373 g/mol. The highest BCUT2D eigenvalue weighted by Gasteiger charge is 2.47. The Bertz CT molecular complexity index is 822. The van der Waals surface area contributed by atoms with Gasteiger partial charge in [0, 0.05) is 5.02 Å². The van der Waals surface area contributed by atoms with Crippen LogP contribution in [0.4, 0.5) is 4.79 Å². The van der Waals surface area contributed by atoms with Crippen molar-refractivity contribution in [3.8, 4) is 5.75 Å². The number of nitrogens with zero attached hydrogens (tertiary/aromatic N) is 1. The van der Waals surface area contributed by atoms with Crippen LogP contribution in [0.3, 0.4) is 0 Å². The lowest BCUT2D eigenvalue weighted by molar-refractivity contribution is -0.131. The Kier molecular flexibility index (Phi) is 5.18. The van der Waals surface area contributed by atoms with Crippen LogP contribution in [0.15, 0.2) is 48.5 Å². The van der Waals surface area contributed by atoms with Crippen molar-refractivity contribution >= 4 is 23.5 Å². The van der Waals surface area contributed by atoms with Gasteiger partial charge in [0.2, 0.25) is 0 Å². The van der Waals surface area contributed by atoms with Crippen LogP contribution in [-0.2, 0) is 17.8 Å². The van der Waals surface area contributed by atoms with Crippen LogP contribution in [0.5, 0.6) is 5.75 Å². The molecule has 3 rings (SSSR count). The number of aryl methyl sites for hydroxylation is 1. The summed E-state index contributed by atoms with van der Waals surface area (Å²) in [6.45, 7) is 1.98. The lowest BCUT2D eigenvalue weighted by Gasteiger charge is -2.21. The van der Waals surface area contributed by atoms with Crippen molar-refractivity contribution in [3.63, 3.8) is 0 Å². The van der Waals surface area contributed by atoms with E-state index in [1.165, 1.54) is 4.90 Å². The maximum atomic E-state index is 12.8. The first-order valence-corrected chi connectivity index (χ1v) is 8.80. The number of carbonyl (C=O) groups excluding carboxylic acids is 2. The molecule has 0 bridgehead atoms. The van der Waals surface area contributed by atoms with Crippen molar-refractivity contribution in [2.45, 2.75) is 31.8 Å². The second-order valence-corrected chi connectivity index (χ2v) is 7.07. The average Bonchev–Trinajstić information content (AvgIpc) is 2.84. The number of hydrogen-bond acceptors (Lipinski definition) is 3. The van der Waals surface area contributed by atoms with Gasteiger partial charge in [-0.15, -0.1) is 0 Å². The monoisotopic (exact) mass is 372 g/mol. The molecule has 1 fully saturated rings. The molecular weight excluding hydrogens is 352 g/mol. The number of ether oxygens (including phenoxy) is 1. The fourth-order valence-corrected chi connectivity index (χ4v) is 3.28. The molecule has 5 nitrogen and oxygen atoms in total. The molecule has 0 radical (unpaired) electrons. The SMILES string of the molecule is COc1ccc(CC[C@]2(C)NC(=O)N(Cc3cccc(Cl)c3)C2=O)cc1. The molecule has 0 unspecified atom stereocenters. The number of methoxy groups -OCH3 is 1. The number of urea groups is 1. The third-order valence-corrected chi connectivity index (χ3v) is 4.88. The maximum absolute atomic E-state index is 12.8. The minimum Gasteiger partial charge on any atom is -0.497 e. The number of rotatable bonds is 6. The van der Waals surface area contributed by atoms with Gasteiger partial charge in [-0.3, -0.25) is 9.69 Å². The van der Waals surface area contributed by atoms with Gasteiger partial charge in [-0.1, -0.05) is 35.9 Å². The molecule has 1 N–H and O–H groups in total. The van der Waals surface area contributed by atoms with Gasteiger partial charge < -0.3 is 10.1 Å². The molecule has 0 aromatic heterocycles. The van der Waals surface area contributed by atoms with Gasteiger partial charge in [0.05, 0.1) is 13.7 Å². The number of carbonyl (C=O) groups is 2. The number of imide groups is 1. The van der Waals surface area contributed by atoms with E-state index in [0.717, 1.165) is 16.9 Å². The highest BCUT2D eigenvalue weighted by molar-refractivity contribution is 6.30. The molecule has 136 valence electrons. The molecule has 1 atom stereocenters. The molecule has 0 spiro atoms. The first kappa shape index (κ1) is 18.3.